The van der Waals surface area contributed by atoms with Gasteiger partial charge in [-0.2, -0.15) is 0 Å². The third-order valence-corrected chi connectivity index (χ3v) is 11.0. The molecule has 12 heteroatoms. The number of aliphatic hydroxyl groups is 4. The average molecular weight is 865 g/mol. The van der Waals surface area contributed by atoms with Gasteiger partial charge in [0.15, 0.2) is 0 Å². The fourth-order valence-electron chi connectivity index (χ4n) is 6.22. The van der Waals surface area contributed by atoms with Crippen molar-refractivity contribution >= 4 is 23.9 Å². The Morgan fingerprint density at radius 2 is 0.661 bits per heavy atom. The van der Waals surface area contributed by atoms with Gasteiger partial charge in [-0.05, 0) is 113 Å². The third-order valence-electron chi connectivity index (χ3n) is 11.0. The van der Waals surface area contributed by atoms with Gasteiger partial charge in [0.1, 0.15) is 0 Å². The topological polar surface area (TPSA) is 230 Å². The maximum absolute atomic E-state index is 10.4. The number of hydrogen-bond donors (Lipinski definition) is 8. The molecule has 4 aromatic carbocycles. The summed E-state index contributed by atoms with van der Waals surface area (Å²) in [6, 6.07) is 33.2. The van der Waals surface area contributed by atoms with E-state index in [1.54, 1.807) is 149 Å². The minimum atomic E-state index is -1.05. The van der Waals surface area contributed by atoms with Crippen LogP contribution in [-0.2, 0) is 0 Å². The highest BCUT2D eigenvalue weighted by molar-refractivity contribution is 5.88. The van der Waals surface area contributed by atoms with Crippen molar-refractivity contribution in [3.63, 3.8) is 0 Å². The van der Waals surface area contributed by atoms with E-state index in [9.17, 15) is 39.6 Å². The number of rotatable bonds is 12. The Bertz CT molecular complexity index is 1650. The van der Waals surface area contributed by atoms with E-state index in [1.807, 2.05) is 41.5 Å². The molecule has 0 aromatic heterocycles. The minimum absolute atomic E-state index is 0.0949. The summed E-state index contributed by atoms with van der Waals surface area (Å²) in [5, 5.41) is 74.2. The molecule has 12 nitrogen and oxygen atoms in total. The molecule has 3 atom stereocenters. The lowest BCUT2D eigenvalue weighted by Gasteiger charge is -2.49. The van der Waals surface area contributed by atoms with E-state index in [0.29, 0.717) is 41.0 Å². The van der Waals surface area contributed by atoms with Gasteiger partial charge in [0.05, 0.1) is 44.7 Å². The van der Waals surface area contributed by atoms with E-state index < -0.39 is 46.3 Å². The van der Waals surface area contributed by atoms with Crippen LogP contribution in [0, 0.1) is 17.3 Å². The monoisotopic (exact) mass is 865 g/mol. The number of carboxylic acids is 4. The summed E-state index contributed by atoms with van der Waals surface area (Å²) in [6.45, 7) is 22.7. The molecule has 62 heavy (non-hydrogen) atoms. The van der Waals surface area contributed by atoms with Crippen LogP contribution >= 0.6 is 0 Å². The van der Waals surface area contributed by atoms with Gasteiger partial charge in [-0.25, -0.2) is 19.2 Å². The van der Waals surface area contributed by atoms with Crippen LogP contribution in [0.3, 0.4) is 0 Å². The van der Waals surface area contributed by atoms with Crippen molar-refractivity contribution in [3.8, 4) is 0 Å². The van der Waals surface area contributed by atoms with Gasteiger partial charge < -0.3 is 40.9 Å². The van der Waals surface area contributed by atoms with Crippen LogP contribution in [0.15, 0.2) is 121 Å². The van der Waals surface area contributed by atoms with Gasteiger partial charge in [-0.3, -0.25) is 0 Å². The number of aromatic carboxylic acids is 4. The summed E-state index contributed by atoms with van der Waals surface area (Å²) in [5.74, 6) is -3.05. The highest BCUT2D eigenvalue weighted by atomic mass is 16.4. The molecule has 0 radical (unpaired) electrons. The molecular formula is C50H72O12. The Labute approximate surface area is 368 Å². The molecule has 0 aliphatic heterocycles. The Morgan fingerprint density at radius 1 is 0.419 bits per heavy atom. The van der Waals surface area contributed by atoms with E-state index in [-0.39, 0.29) is 11.3 Å². The maximum atomic E-state index is 10.4. The molecule has 4 rings (SSSR count). The summed E-state index contributed by atoms with van der Waals surface area (Å²) in [4.78, 5) is 40.8. The first-order chi connectivity index (χ1) is 28.5. The fraction of sp³-hybridized carbons (Fsp3) is 0.440. The van der Waals surface area contributed by atoms with E-state index in [4.69, 9.17) is 20.4 Å². The Balaban J connectivity index is 0. The second kappa shape index (κ2) is 27.5. The summed E-state index contributed by atoms with van der Waals surface area (Å²) in [5.41, 5.74) is -3.03. The molecule has 0 aliphatic rings. The number of carbonyl (C=O) groups is 4. The zero-order chi connectivity index (χ0) is 48.5. The molecule has 0 aliphatic carbocycles. The molecule has 0 saturated heterocycles. The van der Waals surface area contributed by atoms with Gasteiger partial charge in [0.25, 0.3) is 0 Å². The van der Waals surface area contributed by atoms with Crippen LogP contribution in [0.1, 0.15) is 144 Å². The van der Waals surface area contributed by atoms with Crippen molar-refractivity contribution in [3.05, 3.63) is 144 Å². The first-order valence-electron chi connectivity index (χ1n) is 20.5. The van der Waals surface area contributed by atoms with Crippen LogP contribution in [0.4, 0.5) is 0 Å². The molecule has 0 heterocycles. The Kier molecular flexibility index (Phi) is 26.1. The van der Waals surface area contributed by atoms with E-state index >= 15 is 0 Å². The van der Waals surface area contributed by atoms with Crippen molar-refractivity contribution in [2.45, 2.75) is 125 Å². The lowest BCUT2D eigenvalue weighted by atomic mass is 9.64. The molecule has 4 aromatic rings. The highest BCUT2D eigenvalue weighted by Gasteiger charge is 2.51. The van der Waals surface area contributed by atoms with Gasteiger partial charge >= 0.3 is 23.9 Å². The molecule has 0 saturated carbocycles. The Morgan fingerprint density at radius 3 is 0.742 bits per heavy atom. The highest BCUT2D eigenvalue weighted by Crippen LogP contribution is 2.43. The lowest BCUT2D eigenvalue weighted by molar-refractivity contribution is -0.194. The molecule has 344 valence electrons. The number of benzene rings is 4. The SMILES string of the molecule is CCC(C)(C)C(O)(CC)C(C)(C)O.CCC(O)(C(C)C(C)C)C(C)(C)O.O=C(O)c1ccccc1.O=C(O)c1ccccc1.O=C(O)c1ccccc1.O=C(O)c1ccccc1. The van der Waals surface area contributed by atoms with Crippen LogP contribution in [0.5, 0.6) is 0 Å². The molecular weight excluding hydrogens is 793 g/mol. The standard InChI is InChI=1S/2C11H24O2.4C7H6O2/c1-7-9(3,4)11(13,8-2)10(5,6)12;1-7-11(13,10(5,6)12)9(4)8(2)3;4*8-7(9)6-4-2-1-3-5-6/h12-13H,7-8H2,1-6H3;8-9,12-13H,7H2,1-6H3;4*1-5H,(H,8,9). The zero-order valence-electron chi connectivity index (χ0n) is 38.5. The smallest absolute Gasteiger partial charge is 0.335 e. The summed E-state index contributed by atoms with van der Waals surface area (Å²) in [7, 11) is 0. The van der Waals surface area contributed by atoms with Crippen molar-refractivity contribution in [1.82, 2.24) is 0 Å². The number of carboxylic acid groups (broad SMARTS) is 4. The normalized spacial score (nSPS) is 13.2. The lowest BCUT2D eigenvalue weighted by Crippen LogP contribution is -2.58. The van der Waals surface area contributed by atoms with E-state index in [1.165, 1.54) is 0 Å². The van der Waals surface area contributed by atoms with Crippen LogP contribution < -0.4 is 0 Å². The summed E-state index contributed by atoms with van der Waals surface area (Å²) in [6.07, 6.45) is 1.99. The van der Waals surface area contributed by atoms with Crippen molar-refractivity contribution in [2.24, 2.45) is 17.3 Å². The van der Waals surface area contributed by atoms with E-state index in [0.717, 1.165) is 6.42 Å². The zero-order valence-corrected chi connectivity index (χ0v) is 38.5. The van der Waals surface area contributed by atoms with Crippen molar-refractivity contribution < 1.29 is 60.0 Å². The predicted molar refractivity (Wildman–Crippen MR) is 245 cm³/mol. The van der Waals surface area contributed by atoms with Gasteiger partial charge in [0.2, 0.25) is 0 Å². The minimum Gasteiger partial charge on any atom is -0.478 e. The number of hydrogen-bond acceptors (Lipinski definition) is 8. The van der Waals surface area contributed by atoms with Crippen molar-refractivity contribution in [1.29, 1.82) is 0 Å². The molecule has 0 amide bonds. The molecule has 0 fully saturated rings. The third kappa shape index (κ3) is 20.0. The second-order valence-corrected chi connectivity index (χ2v) is 16.6. The molecule has 8 N–H and O–H groups in total. The molecule has 0 bridgehead atoms. The average Bonchev–Trinajstić information content (AvgIpc) is 3.24. The van der Waals surface area contributed by atoms with E-state index in [2.05, 4.69) is 13.8 Å². The predicted octanol–water partition coefficient (Wildman–Crippen LogP) is 10.1. The fourth-order valence-corrected chi connectivity index (χ4v) is 6.22. The molecule has 0 spiro atoms. The maximum Gasteiger partial charge on any atom is 0.335 e. The first kappa shape index (κ1) is 58.7. The molecule has 3 unspecified atom stereocenters. The first-order valence-corrected chi connectivity index (χ1v) is 20.5. The van der Waals surface area contributed by atoms with Crippen LogP contribution in [0.25, 0.3) is 0 Å². The van der Waals surface area contributed by atoms with Crippen LogP contribution in [0.2, 0.25) is 0 Å². The second-order valence-electron chi connectivity index (χ2n) is 16.6. The van der Waals surface area contributed by atoms with Crippen LogP contribution in [-0.4, -0.2) is 87.1 Å². The van der Waals surface area contributed by atoms with Crippen molar-refractivity contribution in [2.75, 3.05) is 0 Å². The van der Waals surface area contributed by atoms with Gasteiger partial charge in [-0.15, -0.1) is 0 Å². The largest absolute Gasteiger partial charge is 0.478 e. The Hall–Kier alpha value is -5.40. The summed E-state index contributed by atoms with van der Waals surface area (Å²) < 4.78 is 0. The van der Waals surface area contributed by atoms with Gasteiger partial charge in [0, 0.05) is 0 Å². The summed E-state index contributed by atoms with van der Waals surface area (Å²) >= 11 is 0. The quantitative estimate of drug-likeness (QED) is 0.0665. The van der Waals surface area contributed by atoms with Gasteiger partial charge in [-0.1, -0.05) is 128 Å².